The van der Waals surface area contributed by atoms with Crippen LogP contribution in [-0.4, -0.2) is 23.0 Å². The van der Waals surface area contributed by atoms with E-state index in [1.807, 2.05) is 17.5 Å². The average molecular weight is 355 g/mol. The minimum Gasteiger partial charge on any atom is -0.493 e. The zero-order valence-electron chi connectivity index (χ0n) is 13.6. The second-order valence-electron chi connectivity index (χ2n) is 5.18. The molecular weight excluding hydrogens is 338 g/mol. The molecule has 0 spiro atoms. The molecule has 7 heteroatoms. The van der Waals surface area contributed by atoms with E-state index in [0.29, 0.717) is 30.2 Å². The average Bonchev–Trinajstić information content (AvgIpc) is 3.18. The lowest BCUT2D eigenvalue weighted by atomic mass is 10.2. The molecule has 2 heterocycles. The Morgan fingerprint density at radius 2 is 2.20 bits per heavy atom. The summed E-state index contributed by atoms with van der Waals surface area (Å²) in [5.74, 6) is 0.886. The summed E-state index contributed by atoms with van der Waals surface area (Å²) in [5.41, 5.74) is 4.05. The number of ether oxygens (including phenoxy) is 2. The molecule has 2 aromatic heterocycles. The van der Waals surface area contributed by atoms with Gasteiger partial charge in [0.2, 0.25) is 0 Å². The molecular formula is C18H17N3O3S. The molecule has 0 bridgehead atoms. The predicted molar refractivity (Wildman–Crippen MR) is 94.8 cm³/mol. The van der Waals surface area contributed by atoms with Crippen LogP contribution >= 0.6 is 11.3 Å². The Bertz CT molecular complexity index is 823. The number of pyridine rings is 1. The third-order valence-corrected chi connectivity index (χ3v) is 4.10. The van der Waals surface area contributed by atoms with E-state index in [-0.39, 0.29) is 5.91 Å². The topological polar surface area (TPSA) is 73.3 Å². The molecule has 1 N–H and O–H groups in total. The molecule has 0 aliphatic heterocycles. The van der Waals surface area contributed by atoms with Gasteiger partial charge in [-0.05, 0) is 29.8 Å². The summed E-state index contributed by atoms with van der Waals surface area (Å²) in [4.78, 5) is 20.5. The number of hydrogen-bond acceptors (Lipinski definition) is 6. The van der Waals surface area contributed by atoms with Crippen LogP contribution in [0.3, 0.4) is 0 Å². The van der Waals surface area contributed by atoms with Gasteiger partial charge in [-0.25, -0.2) is 4.98 Å². The summed E-state index contributed by atoms with van der Waals surface area (Å²) >= 11 is 1.51. The Balaban J connectivity index is 1.64. The Kier molecular flexibility index (Phi) is 5.58. The van der Waals surface area contributed by atoms with Crippen LogP contribution in [0.25, 0.3) is 0 Å². The molecule has 6 nitrogen and oxygen atoms in total. The van der Waals surface area contributed by atoms with E-state index in [2.05, 4.69) is 15.3 Å². The summed E-state index contributed by atoms with van der Waals surface area (Å²) in [5, 5.41) is 4.78. The van der Waals surface area contributed by atoms with E-state index in [9.17, 15) is 4.79 Å². The van der Waals surface area contributed by atoms with E-state index in [0.717, 1.165) is 11.3 Å². The maximum Gasteiger partial charge on any atom is 0.251 e. The second-order valence-corrected chi connectivity index (χ2v) is 5.90. The predicted octanol–water partition coefficient (Wildman–Crippen LogP) is 3.06. The monoisotopic (exact) mass is 355 g/mol. The first-order valence-electron chi connectivity index (χ1n) is 7.61. The van der Waals surface area contributed by atoms with Gasteiger partial charge in [0.1, 0.15) is 6.61 Å². The lowest BCUT2D eigenvalue weighted by molar-refractivity contribution is 0.0950. The highest BCUT2D eigenvalue weighted by Crippen LogP contribution is 2.28. The van der Waals surface area contributed by atoms with Gasteiger partial charge in [-0.15, -0.1) is 11.3 Å². The van der Waals surface area contributed by atoms with Crippen molar-refractivity contribution in [3.05, 3.63) is 70.4 Å². The van der Waals surface area contributed by atoms with Gasteiger partial charge in [-0.3, -0.25) is 9.78 Å². The minimum atomic E-state index is -0.187. The first-order valence-corrected chi connectivity index (χ1v) is 8.55. The molecule has 0 fully saturated rings. The van der Waals surface area contributed by atoms with Crippen LogP contribution in [0.1, 0.15) is 21.6 Å². The smallest absolute Gasteiger partial charge is 0.251 e. The molecule has 1 aromatic carbocycles. The number of carbonyl (C=O) groups excluding carboxylic acids is 1. The number of amides is 1. The fourth-order valence-electron chi connectivity index (χ4n) is 2.18. The summed E-state index contributed by atoms with van der Waals surface area (Å²) in [7, 11) is 1.54. The number of carbonyl (C=O) groups is 1. The van der Waals surface area contributed by atoms with Crippen molar-refractivity contribution in [3.8, 4) is 11.5 Å². The second kappa shape index (κ2) is 8.25. The third kappa shape index (κ3) is 4.54. The number of rotatable bonds is 7. The minimum absolute atomic E-state index is 0.187. The molecule has 0 aliphatic rings. The number of hydrogen-bond donors (Lipinski definition) is 1. The zero-order valence-corrected chi connectivity index (χ0v) is 14.5. The zero-order chi connectivity index (χ0) is 17.5. The molecule has 25 heavy (non-hydrogen) atoms. The Morgan fingerprint density at radius 1 is 1.28 bits per heavy atom. The van der Waals surface area contributed by atoms with Gasteiger partial charge in [0, 0.05) is 29.9 Å². The summed E-state index contributed by atoms with van der Waals surface area (Å²) < 4.78 is 11.1. The van der Waals surface area contributed by atoms with Crippen molar-refractivity contribution in [1.29, 1.82) is 0 Å². The van der Waals surface area contributed by atoms with Gasteiger partial charge < -0.3 is 14.8 Å². The van der Waals surface area contributed by atoms with Crippen LogP contribution in [0.15, 0.2) is 53.6 Å². The summed E-state index contributed by atoms with van der Waals surface area (Å²) in [6, 6.07) is 8.83. The van der Waals surface area contributed by atoms with Crippen LogP contribution in [0.4, 0.5) is 0 Å². The number of nitrogens with one attached hydrogen (secondary N) is 1. The molecule has 0 saturated carbocycles. The number of benzene rings is 1. The largest absolute Gasteiger partial charge is 0.493 e. The Hall–Kier alpha value is -2.93. The normalized spacial score (nSPS) is 10.3. The van der Waals surface area contributed by atoms with Crippen molar-refractivity contribution in [1.82, 2.24) is 15.3 Å². The maximum atomic E-state index is 12.3. The highest BCUT2D eigenvalue weighted by Gasteiger charge is 2.11. The fraction of sp³-hybridized carbons (Fsp3) is 0.167. The van der Waals surface area contributed by atoms with Crippen LogP contribution in [0.2, 0.25) is 0 Å². The van der Waals surface area contributed by atoms with Crippen molar-refractivity contribution in [2.45, 2.75) is 13.2 Å². The van der Waals surface area contributed by atoms with Crippen molar-refractivity contribution in [2.24, 2.45) is 0 Å². The van der Waals surface area contributed by atoms with Crippen LogP contribution < -0.4 is 14.8 Å². The standard InChI is InChI=1S/C18H17N3O3S/c1-23-17-7-14(18(22)20-9-13-3-2-6-19-8-13)4-5-16(17)24-10-15-11-25-12-21-15/h2-8,11-12H,9-10H2,1H3,(H,20,22). The van der Waals surface area contributed by atoms with Gasteiger partial charge in [-0.1, -0.05) is 6.07 Å². The maximum absolute atomic E-state index is 12.3. The number of nitrogens with zero attached hydrogens (tertiary/aromatic N) is 2. The summed E-state index contributed by atoms with van der Waals surface area (Å²) in [6.45, 7) is 0.767. The molecule has 3 rings (SSSR count). The highest BCUT2D eigenvalue weighted by molar-refractivity contribution is 7.07. The lowest BCUT2D eigenvalue weighted by Gasteiger charge is -2.12. The fourth-order valence-corrected chi connectivity index (χ4v) is 2.72. The lowest BCUT2D eigenvalue weighted by Crippen LogP contribution is -2.22. The van der Waals surface area contributed by atoms with Crippen LogP contribution in [0, 0.1) is 0 Å². The molecule has 0 aliphatic carbocycles. The Morgan fingerprint density at radius 3 is 2.92 bits per heavy atom. The van der Waals surface area contributed by atoms with Crippen molar-refractivity contribution in [2.75, 3.05) is 7.11 Å². The van der Waals surface area contributed by atoms with E-state index in [4.69, 9.17) is 9.47 Å². The third-order valence-electron chi connectivity index (χ3n) is 3.46. The molecule has 0 saturated heterocycles. The number of methoxy groups -OCH3 is 1. The number of thiazole rings is 1. The molecule has 0 radical (unpaired) electrons. The van der Waals surface area contributed by atoms with E-state index < -0.39 is 0 Å². The summed E-state index contributed by atoms with van der Waals surface area (Å²) in [6.07, 6.45) is 3.41. The van der Waals surface area contributed by atoms with Crippen molar-refractivity contribution < 1.29 is 14.3 Å². The van der Waals surface area contributed by atoms with Gasteiger partial charge in [0.25, 0.3) is 5.91 Å². The van der Waals surface area contributed by atoms with Gasteiger partial charge in [-0.2, -0.15) is 0 Å². The van der Waals surface area contributed by atoms with Crippen LogP contribution in [-0.2, 0) is 13.2 Å². The van der Waals surface area contributed by atoms with E-state index in [1.54, 1.807) is 43.2 Å². The molecule has 0 atom stereocenters. The van der Waals surface area contributed by atoms with Gasteiger partial charge in [0.05, 0.1) is 18.3 Å². The van der Waals surface area contributed by atoms with Crippen molar-refractivity contribution >= 4 is 17.2 Å². The molecule has 3 aromatic rings. The van der Waals surface area contributed by atoms with Crippen molar-refractivity contribution in [3.63, 3.8) is 0 Å². The van der Waals surface area contributed by atoms with Crippen LogP contribution in [0.5, 0.6) is 11.5 Å². The molecule has 0 unspecified atom stereocenters. The first kappa shape index (κ1) is 16.9. The first-order chi connectivity index (χ1) is 12.3. The number of aromatic nitrogens is 2. The van der Waals surface area contributed by atoms with Gasteiger partial charge >= 0.3 is 0 Å². The highest BCUT2D eigenvalue weighted by atomic mass is 32.1. The van der Waals surface area contributed by atoms with E-state index >= 15 is 0 Å². The molecule has 1 amide bonds. The Labute approximate surface area is 149 Å². The quantitative estimate of drug-likeness (QED) is 0.705. The van der Waals surface area contributed by atoms with E-state index in [1.165, 1.54) is 11.3 Å². The SMILES string of the molecule is COc1cc(C(=O)NCc2cccnc2)ccc1OCc1cscn1. The molecule has 128 valence electrons. The van der Waals surface area contributed by atoms with Gasteiger partial charge in [0.15, 0.2) is 11.5 Å².